The van der Waals surface area contributed by atoms with Gasteiger partial charge in [-0.05, 0) is 49.1 Å². The largest absolute Gasteiger partial charge is 0.466 e. The zero-order chi connectivity index (χ0) is 17.9. The number of carbonyl (C=O) groups excluding carboxylic acids is 1. The van der Waals surface area contributed by atoms with Crippen LogP contribution < -0.4 is 15.5 Å². The lowest BCUT2D eigenvalue weighted by atomic mass is 9.99. The second-order valence-corrected chi connectivity index (χ2v) is 6.78. The molecule has 134 valence electrons. The molecule has 2 amide bonds. The van der Waals surface area contributed by atoms with Crippen LogP contribution in [0.25, 0.3) is 0 Å². The van der Waals surface area contributed by atoms with Gasteiger partial charge in [-0.1, -0.05) is 12.1 Å². The van der Waals surface area contributed by atoms with Gasteiger partial charge in [-0.15, -0.1) is 0 Å². The molecule has 0 fully saturated rings. The average molecular weight is 343 g/mol. The predicted octanol–water partition coefficient (Wildman–Crippen LogP) is 2.37. The molecule has 1 aromatic carbocycles. The summed E-state index contributed by atoms with van der Waals surface area (Å²) >= 11 is 0. The number of anilines is 1. The number of furan rings is 1. The highest BCUT2D eigenvalue weighted by Crippen LogP contribution is 2.26. The Hall–Kier alpha value is -2.47. The number of fused-ring (bicyclic) bond motifs is 1. The average Bonchev–Trinajstić information content (AvgIpc) is 3.14. The molecule has 1 aliphatic heterocycles. The van der Waals surface area contributed by atoms with E-state index < -0.39 is 5.60 Å². The second-order valence-electron chi connectivity index (χ2n) is 6.78. The highest BCUT2D eigenvalue weighted by molar-refractivity contribution is 5.74. The molecule has 0 aliphatic carbocycles. The Morgan fingerprint density at radius 1 is 1.36 bits per heavy atom. The van der Waals surface area contributed by atoms with Crippen molar-refractivity contribution in [2.45, 2.75) is 31.9 Å². The summed E-state index contributed by atoms with van der Waals surface area (Å²) in [5.74, 6) is 0.423. The summed E-state index contributed by atoms with van der Waals surface area (Å²) in [7, 11) is 2.11. The molecule has 2 heterocycles. The Morgan fingerprint density at radius 3 is 2.96 bits per heavy atom. The molecule has 2 aromatic rings. The molecule has 1 aromatic heterocycles. The van der Waals surface area contributed by atoms with Gasteiger partial charge in [0, 0.05) is 25.8 Å². The van der Waals surface area contributed by atoms with E-state index in [9.17, 15) is 9.90 Å². The number of nitrogens with zero attached hydrogens (tertiary/aromatic N) is 1. The highest BCUT2D eigenvalue weighted by atomic mass is 16.4. The van der Waals surface area contributed by atoms with Gasteiger partial charge < -0.3 is 25.1 Å². The van der Waals surface area contributed by atoms with Crippen molar-refractivity contribution < 1.29 is 14.3 Å². The number of carbonyl (C=O) groups is 1. The van der Waals surface area contributed by atoms with E-state index in [4.69, 9.17) is 4.42 Å². The van der Waals surface area contributed by atoms with E-state index >= 15 is 0 Å². The molecule has 25 heavy (non-hydrogen) atoms. The Kier molecular flexibility index (Phi) is 4.99. The summed E-state index contributed by atoms with van der Waals surface area (Å²) in [5, 5.41) is 15.8. The van der Waals surface area contributed by atoms with Crippen LogP contribution in [0.15, 0.2) is 41.0 Å². The van der Waals surface area contributed by atoms with Crippen LogP contribution in [0.3, 0.4) is 0 Å². The van der Waals surface area contributed by atoms with Gasteiger partial charge in [0.1, 0.15) is 11.4 Å². The molecule has 1 aliphatic rings. The molecule has 6 heteroatoms. The fraction of sp³-hybridized carbons (Fsp3) is 0.421. The molecule has 0 spiro atoms. The number of hydrogen-bond donors (Lipinski definition) is 3. The Bertz CT molecular complexity index is 726. The van der Waals surface area contributed by atoms with Crippen molar-refractivity contribution in [2.24, 2.45) is 0 Å². The van der Waals surface area contributed by atoms with Gasteiger partial charge in [-0.3, -0.25) is 0 Å². The monoisotopic (exact) mass is 343 g/mol. The Labute approximate surface area is 147 Å². The summed E-state index contributed by atoms with van der Waals surface area (Å²) in [6.07, 6.45) is 3.73. The fourth-order valence-corrected chi connectivity index (χ4v) is 3.12. The fourth-order valence-electron chi connectivity index (χ4n) is 3.12. The van der Waals surface area contributed by atoms with Crippen LogP contribution >= 0.6 is 0 Å². The zero-order valence-corrected chi connectivity index (χ0v) is 14.7. The number of aryl methyl sites for hydroxylation is 1. The third-order valence-electron chi connectivity index (χ3n) is 4.59. The normalized spacial score (nSPS) is 16.0. The number of amides is 2. The standard InChI is InChI=1S/C19H25N3O3/c1-19(24,17-6-4-10-25-17)13-21-18(23)20-12-14-7-8-16-15(11-14)5-3-9-22(16)2/h4,6-8,10-11,24H,3,5,9,12-13H2,1-2H3,(H2,20,21,23). The molecular formula is C19H25N3O3. The minimum Gasteiger partial charge on any atom is -0.466 e. The van der Waals surface area contributed by atoms with Crippen LogP contribution in [0.1, 0.15) is 30.2 Å². The lowest BCUT2D eigenvalue weighted by Crippen LogP contribution is -2.43. The van der Waals surface area contributed by atoms with Gasteiger partial charge in [-0.2, -0.15) is 0 Å². The molecular weight excluding hydrogens is 318 g/mol. The maximum atomic E-state index is 12.0. The maximum absolute atomic E-state index is 12.0. The summed E-state index contributed by atoms with van der Waals surface area (Å²) in [4.78, 5) is 14.3. The number of aliphatic hydroxyl groups is 1. The maximum Gasteiger partial charge on any atom is 0.315 e. The second kappa shape index (κ2) is 7.19. The molecule has 1 unspecified atom stereocenters. The first-order valence-corrected chi connectivity index (χ1v) is 8.57. The lowest BCUT2D eigenvalue weighted by Gasteiger charge is -2.27. The minimum absolute atomic E-state index is 0.0708. The SMILES string of the molecule is CN1CCCc2cc(CNC(=O)NCC(C)(O)c3ccco3)ccc21. The number of nitrogens with one attached hydrogen (secondary N) is 2. The van der Waals surface area contributed by atoms with Crippen LogP contribution in [0, 0.1) is 0 Å². The molecule has 3 rings (SSSR count). The van der Waals surface area contributed by atoms with Gasteiger partial charge in [0.15, 0.2) is 0 Å². The van der Waals surface area contributed by atoms with Crippen molar-refractivity contribution in [2.75, 3.05) is 25.0 Å². The molecule has 3 N–H and O–H groups in total. The quantitative estimate of drug-likeness (QED) is 0.779. The third-order valence-corrected chi connectivity index (χ3v) is 4.59. The minimum atomic E-state index is -1.24. The number of urea groups is 1. The summed E-state index contributed by atoms with van der Waals surface area (Å²) < 4.78 is 5.20. The van der Waals surface area contributed by atoms with Gasteiger partial charge in [0.2, 0.25) is 0 Å². The summed E-state index contributed by atoms with van der Waals surface area (Å²) in [5.41, 5.74) is 2.43. The topological polar surface area (TPSA) is 77.7 Å². The highest BCUT2D eigenvalue weighted by Gasteiger charge is 2.26. The number of hydrogen-bond acceptors (Lipinski definition) is 4. The van der Waals surface area contributed by atoms with Crippen LogP contribution in [-0.4, -0.2) is 31.3 Å². The van der Waals surface area contributed by atoms with E-state index in [2.05, 4.69) is 34.7 Å². The Balaban J connectivity index is 1.51. The van der Waals surface area contributed by atoms with Crippen molar-refractivity contribution in [3.63, 3.8) is 0 Å². The van der Waals surface area contributed by atoms with Crippen LogP contribution in [-0.2, 0) is 18.6 Å². The molecule has 6 nitrogen and oxygen atoms in total. The first-order chi connectivity index (χ1) is 12.0. The van der Waals surface area contributed by atoms with E-state index in [0.29, 0.717) is 12.3 Å². The Morgan fingerprint density at radius 2 is 2.20 bits per heavy atom. The molecule has 1 atom stereocenters. The third kappa shape index (κ3) is 4.14. The van der Waals surface area contributed by atoms with Gasteiger partial charge in [-0.25, -0.2) is 4.79 Å². The van der Waals surface area contributed by atoms with E-state index in [-0.39, 0.29) is 12.6 Å². The smallest absolute Gasteiger partial charge is 0.315 e. The first kappa shape index (κ1) is 17.4. The van der Waals surface area contributed by atoms with E-state index in [1.807, 2.05) is 6.07 Å². The van der Waals surface area contributed by atoms with Gasteiger partial charge in [0.05, 0.1) is 12.8 Å². The lowest BCUT2D eigenvalue weighted by molar-refractivity contribution is 0.0367. The number of rotatable bonds is 5. The van der Waals surface area contributed by atoms with Gasteiger partial charge >= 0.3 is 6.03 Å². The van der Waals surface area contributed by atoms with E-state index in [0.717, 1.165) is 24.9 Å². The number of benzene rings is 1. The van der Waals surface area contributed by atoms with Crippen LogP contribution in [0.5, 0.6) is 0 Å². The molecule has 0 bridgehead atoms. The van der Waals surface area contributed by atoms with Crippen molar-refractivity contribution >= 4 is 11.7 Å². The van der Waals surface area contributed by atoms with Crippen molar-refractivity contribution in [3.8, 4) is 0 Å². The van der Waals surface area contributed by atoms with Crippen LogP contribution in [0.4, 0.5) is 10.5 Å². The zero-order valence-electron chi connectivity index (χ0n) is 14.7. The predicted molar refractivity (Wildman–Crippen MR) is 96.6 cm³/mol. The van der Waals surface area contributed by atoms with Crippen molar-refractivity contribution in [1.29, 1.82) is 0 Å². The summed E-state index contributed by atoms with van der Waals surface area (Å²) in [6.45, 7) is 3.21. The molecule has 0 saturated heterocycles. The molecule has 0 saturated carbocycles. The summed E-state index contributed by atoms with van der Waals surface area (Å²) in [6, 6.07) is 9.39. The van der Waals surface area contributed by atoms with Gasteiger partial charge in [0.25, 0.3) is 0 Å². The molecule has 0 radical (unpaired) electrons. The first-order valence-electron chi connectivity index (χ1n) is 8.57. The van der Waals surface area contributed by atoms with Crippen LogP contribution in [0.2, 0.25) is 0 Å². The van der Waals surface area contributed by atoms with Crippen molar-refractivity contribution in [3.05, 3.63) is 53.5 Å². The van der Waals surface area contributed by atoms with E-state index in [1.165, 1.54) is 17.5 Å². The van der Waals surface area contributed by atoms with E-state index in [1.54, 1.807) is 19.1 Å². The van der Waals surface area contributed by atoms with Crippen molar-refractivity contribution in [1.82, 2.24) is 10.6 Å².